The number of hydrogen-bond acceptors (Lipinski definition) is 0. The zero-order valence-corrected chi connectivity index (χ0v) is 9.01. The molecule has 0 aliphatic heterocycles. The Morgan fingerprint density at radius 2 is 2.33 bits per heavy atom. The minimum absolute atomic E-state index is 0.160. The van der Waals surface area contributed by atoms with Crippen LogP contribution in [0.4, 0.5) is 0 Å². The van der Waals surface area contributed by atoms with Crippen LogP contribution in [0.25, 0.3) is 0 Å². The van der Waals surface area contributed by atoms with Crippen molar-refractivity contribution >= 4 is 35.8 Å². The molecule has 0 aliphatic rings. The summed E-state index contributed by atoms with van der Waals surface area (Å²) in [6.45, 7) is 2.26. The molecule has 0 fully saturated rings. The third kappa shape index (κ3) is 5.53. The summed E-state index contributed by atoms with van der Waals surface area (Å²) in [6, 6.07) is 0. The Morgan fingerprint density at radius 3 is 2.50 bits per heavy atom. The van der Waals surface area contributed by atoms with Crippen LogP contribution in [0.5, 0.6) is 0 Å². The normalized spacial score (nSPS) is 7.67. The molecule has 0 spiro atoms. The molecule has 0 N–H and O–H groups in total. The molecule has 0 aromatic rings. The Morgan fingerprint density at radius 1 is 1.67 bits per heavy atom. The Hall–Kier alpha value is 1.53. The number of halogens is 1. The summed E-state index contributed by atoms with van der Waals surface area (Å²) in [5.41, 5.74) is 0. The molecule has 0 atom stereocenters. The molecular weight excluding hydrogens is 294 g/mol. The molecule has 0 bridgehead atoms. The molecule has 0 heterocycles. The van der Waals surface area contributed by atoms with Gasteiger partial charge in [0.15, 0.2) is 0 Å². The van der Waals surface area contributed by atoms with E-state index in [-0.39, 0.29) is 17.2 Å². The van der Waals surface area contributed by atoms with Gasteiger partial charge >= 0.3 is 60.0 Å². The standard InChI is InChI=1S/C4H9.HI.Sn/c1-3-4-2;;/h1,3-4H2,2H3;1H;/q;;+3/p-1. The second kappa shape index (κ2) is 6.53. The van der Waals surface area contributed by atoms with Crippen molar-refractivity contribution in [2.24, 2.45) is 0 Å². The van der Waals surface area contributed by atoms with E-state index in [4.69, 9.17) is 0 Å². The van der Waals surface area contributed by atoms with Gasteiger partial charge in [0, 0.05) is 0 Å². The zero-order valence-electron chi connectivity index (χ0n) is 4.00. The van der Waals surface area contributed by atoms with Gasteiger partial charge in [-0.15, -0.1) is 0 Å². The first kappa shape index (κ1) is 7.53. The molecule has 34 valence electrons. The van der Waals surface area contributed by atoms with E-state index in [1.165, 1.54) is 12.8 Å². The number of unbranched alkanes of at least 4 members (excludes halogenated alkanes) is 1. The van der Waals surface area contributed by atoms with Crippen molar-refractivity contribution in [2.75, 3.05) is 0 Å². The van der Waals surface area contributed by atoms with Gasteiger partial charge in [-0.25, -0.2) is 0 Å². The Kier molecular flexibility index (Phi) is 8.19. The molecule has 0 saturated carbocycles. The summed E-state index contributed by atoms with van der Waals surface area (Å²) in [6.07, 6.45) is 2.87. The van der Waals surface area contributed by atoms with Crippen molar-refractivity contribution < 1.29 is 0 Å². The molecule has 0 aromatic carbocycles. The predicted molar refractivity (Wildman–Crippen MR) is 39.5 cm³/mol. The fourth-order valence-corrected chi connectivity index (χ4v) is 4.19. The van der Waals surface area contributed by atoms with E-state index in [2.05, 4.69) is 25.6 Å². The predicted octanol–water partition coefficient (Wildman–Crippen LogP) is 2.26. The van der Waals surface area contributed by atoms with E-state index in [1.54, 1.807) is 4.44 Å². The average Bonchev–Trinajstić information content (AvgIpc) is 1.61. The van der Waals surface area contributed by atoms with E-state index in [9.17, 15) is 0 Å². The molecule has 0 aromatic heterocycles. The van der Waals surface area contributed by atoms with E-state index < -0.39 is 0 Å². The van der Waals surface area contributed by atoms with Crippen LogP contribution in [0.2, 0.25) is 4.44 Å². The van der Waals surface area contributed by atoms with Gasteiger partial charge in [0.2, 0.25) is 0 Å². The molecule has 0 aliphatic carbocycles. The van der Waals surface area contributed by atoms with Crippen LogP contribution < -0.4 is 0 Å². The maximum absolute atomic E-state index is 2.58. The second-order valence-electron chi connectivity index (χ2n) is 1.24. The van der Waals surface area contributed by atoms with Gasteiger partial charge in [0.05, 0.1) is 0 Å². The van der Waals surface area contributed by atoms with Crippen molar-refractivity contribution in [3.8, 4) is 0 Å². The fraction of sp³-hybridized carbons (Fsp3) is 1.00. The van der Waals surface area contributed by atoms with Crippen LogP contribution in [0.15, 0.2) is 0 Å². The molecule has 0 amide bonds. The first-order valence-corrected chi connectivity index (χ1v) is 12.6. The molecule has 0 saturated heterocycles. The molecule has 2 heteroatoms. The first-order chi connectivity index (χ1) is 2.91. The van der Waals surface area contributed by atoms with Gasteiger partial charge in [0.1, 0.15) is 0 Å². The molecule has 0 unspecified atom stereocenters. The van der Waals surface area contributed by atoms with Crippen molar-refractivity contribution in [1.29, 1.82) is 0 Å². The zero-order chi connectivity index (χ0) is 4.83. The summed E-state index contributed by atoms with van der Waals surface area (Å²) in [4.78, 5) is 0. The van der Waals surface area contributed by atoms with E-state index in [0.717, 1.165) is 0 Å². The van der Waals surface area contributed by atoms with E-state index in [1.807, 2.05) is 0 Å². The summed E-state index contributed by atoms with van der Waals surface area (Å²) in [5, 5.41) is 0. The van der Waals surface area contributed by atoms with Crippen molar-refractivity contribution in [2.45, 2.75) is 24.2 Å². The second-order valence-corrected chi connectivity index (χ2v) is 8.54. The van der Waals surface area contributed by atoms with Crippen LogP contribution in [0.3, 0.4) is 0 Å². The summed E-state index contributed by atoms with van der Waals surface area (Å²) in [7, 11) is 0. The third-order valence-corrected chi connectivity index (χ3v) is 5.79. The van der Waals surface area contributed by atoms with Gasteiger partial charge in [-0.2, -0.15) is 0 Å². The van der Waals surface area contributed by atoms with Gasteiger partial charge < -0.3 is 0 Å². The summed E-state index contributed by atoms with van der Waals surface area (Å²) >= 11 is 2.74. The van der Waals surface area contributed by atoms with Crippen molar-refractivity contribution in [3.63, 3.8) is 0 Å². The average molecular weight is 303 g/mol. The monoisotopic (exact) mass is 304 g/mol. The quantitative estimate of drug-likeness (QED) is 0.426. The van der Waals surface area contributed by atoms with Gasteiger partial charge in [0.25, 0.3) is 0 Å². The van der Waals surface area contributed by atoms with Gasteiger partial charge in [-0.3, -0.25) is 0 Å². The molecule has 0 rings (SSSR count). The molecule has 0 nitrogen and oxygen atoms in total. The van der Waals surface area contributed by atoms with Crippen LogP contribution in [0, 0.1) is 0 Å². The molecular formula is C4H9ISn+2. The van der Waals surface area contributed by atoms with Gasteiger partial charge in [-0.05, 0) is 0 Å². The fourth-order valence-electron chi connectivity index (χ4n) is 0.244. The van der Waals surface area contributed by atoms with Gasteiger partial charge in [-0.1, -0.05) is 0 Å². The van der Waals surface area contributed by atoms with E-state index in [0.29, 0.717) is 0 Å². The van der Waals surface area contributed by atoms with Crippen LogP contribution in [-0.4, -0.2) is 17.2 Å². The van der Waals surface area contributed by atoms with Crippen molar-refractivity contribution in [1.82, 2.24) is 0 Å². The van der Waals surface area contributed by atoms with Crippen LogP contribution in [-0.2, 0) is 0 Å². The topological polar surface area (TPSA) is 0 Å². The van der Waals surface area contributed by atoms with Crippen LogP contribution in [0.1, 0.15) is 19.8 Å². The first-order valence-electron chi connectivity index (χ1n) is 2.25. The molecule has 0 radical (unpaired) electrons. The van der Waals surface area contributed by atoms with E-state index >= 15 is 0 Å². The number of hydrogen-bond donors (Lipinski definition) is 0. The number of rotatable bonds is 3. The third-order valence-electron chi connectivity index (χ3n) is 0.625. The Labute approximate surface area is 59.5 Å². The summed E-state index contributed by atoms with van der Waals surface area (Å²) in [5.74, 6) is 0. The maximum atomic E-state index is 2.58. The Bertz CT molecular complexity index is 19.5. The molecule has 6 heavy (non-hydrogen) atoms. The minimum atomic E-state index is 0.160. The summed E-state index contributed by atoms with van der Waals surface area (Å²) < 4.78 is 1.57. The van der Waals surface area contributed by atoms with Crippen LogP contribution >= 0.6 is 18.6 Å². The SMILES string of the molecule is CCC[CH2][Sn+2][I]. The van der Waals surface area contributed by atoms with Crippen molar-refractivity contribution in [3.05, 3.63) is 0 Å². The Balaban J connectivity index is 2.34.